The van der Waals surface area contributed by atoms with Crippen LogP contribution >= 0.6 is 11.6 Å². The molecule has 1 aliphatic rings. The van der Waals surface area contributed by atoms with E-state index in [1.165, 1.54) is 11.8 Å². The highest BCUT2D eigenvalue weighted by Gasteiger charge is 2.41. The fourth-order valence-electron chi connectivity index (χ4n) is 2.56. The number of alkyl halides is 3. The average molecular weight is 346 g/mol. The number of anilines is 1. The van der Waals surface area contributed by atoms with Crippen molar-refractivity contribution in [1.29, 1.82) is 0 Å². The van der Waals surface area contributed by atoms with E-state index in [4.69, 9.17) is 16.3 Å². The van der Waals surface area contributed by atoms with Crippen LogP contribution in [0.25, 0.3) is 0 Å². The van der Waals surface area contributed by atoms with E-state index in [-0.39, 0.29) is 18.7 Å². The van der Waals surface area contributed by atoms with Crippen LogP contribution in [0.3, 0.4) is 0 Å². The van der Waals surface area contributed by atoms with E-state index in [0.29, 0.717) is 28.5 Å². The topological polar surface area (TPSA) is 12.5 Å². The lowest BCUT2D eigenvalue weighted by Crippen LogP contribution is -2.34. The monoisotopic (exact) mass is 345 g/mol. The maximum Gasteiger partial charge on any atom is 0.431 e. The van der Waals surface area contributed by atoms with Gasteiger partial charge in [-0.1, -0.05) is 18.5 Å². The molecule has 6 heteroatoms. The molecule has 0 bridgehead atoms. The van der Waals surface area contributed by atoms with Crippen LogP contribution < -0.4 is 4.90 Å². The molecule has 0 N–H and O–H groups in total. The van der Waals surface area contributed by atoms with Gasteiger partial charge in [0.05, 0.1) is 6.54 Å². The van der Waals surface area contributed by atoms with Gasteiger partial charge in [-0.2, -0.15) is 13.2 Å². The Morgan fingerprint density at radius 1 is 1.39 bits per heavy atom. The van der Waals surface area contributed by atoms with Gasteiger partial charge in [-0.25, -0.2) is 0 Å². The third kappa shape index (κ3) is 3.83. The third-order valence-electron chi connectivity index (χ3n) is 3.85. The van der Waals surface area contributed by atoms with Gasteiger partial charge in [0.25, 0.3) is 0 Å². The minimum absolute atomic E-state index is 0.0390. The first-order chi connectivity index (χ1) is 10.8. The molecule has 0 saturated carbocycles. The first-order valence-electron chi connectivity index (χ1n) is 7.38. The fourth-order valence-corrected chi connectivity index (χ4v) is 2.75. The Morgan fingerprint density at radius 2 is 2.09 bits per heavy atom. The minimum atomic E-state index is -4.44. The van der Waals surface area contributed by atoms with Crippen LogP contribution in [0.2, 0.25) is 5.02 Å². The van der Waals surface area contributed by atoms with Crippen LogP contribution in [0.5, 0.6) is 0 Å². The molecule has 23 heavy (non-hydrogen) atoms. The Bertz CT molecular complexity index is 650. The van der Waals surface area contributed by atoms with Crippen LogP contribution in [-0.2, 0) is 11.3 Å². The van der Waals surface area contributed by atoms with E-state index in [1.54, 1.807) is 38.1 Å². The molecule has 0 aliphatic carbocycles. The number of allylic oxidation sites excluding steroid dienone is 3. The molecule has 0 saturated heterocycles. The summed E-state index contributed by atoms with van der Waals surface area (Å²) in [5.74, 6) is 0.503. The number of ether oxygens (including phenoxy) is 1. The summed E-state index contributed by atoms with van der Waals surface area (Å²) < 4.78 is 46.7. The lowest BCUT2D eigenvalue weighted by Gasteiger charge is -2.30. The highest BCUT2D eigenvalue weighted by atomic mass is 35.5. The zero-order valence-electron chi connectivity index (χ0n) is 13.3. The zero-order chi connectivity index (χ0) is 17.2. The minimum Gasteiger partial charge on any atom is -0.492 e. The standard InChI is InChI=1S/C17H19ClF3NO/c1-4-11(3)16(17(19,20)21)22-9-14(5-2)23-10-12-8-13(18)6-7-15(12)22/h5-8H,4,9-10H2,1-3H3/b14-5+,16-11+. The number of rotatable bonds is 2. The molecule has 0 aromatic heterocycles. The molecular formula is C17H19ClF3NO. The molecule has 1 aromatic rings. The molecule has 0 atom stereocenters. The van der Waals surface area contributed by atoms with E-state index in [0.717, 1.165) is 0 Å². The fraction of sp³-hybridized carbons (Fsp3) is 0.412. The quantitative estimate of drug-likeness (QED) is 0.669. The van der Waals surface area contributed by atoms with Crippen molar-refractivity contribution in [1.82, 2.24) is 0 Å². The summed E-state index contributed by atoms with van der Waals surface area (Å²) in [5.41, 5.74) is 0.774. The molecule has 0 amide bonds. The lowest BCUT2D eigenvalue weighted by molar-refractivity contribution is -0.0943. The summed E-state index contributed by atoms with van der Waals surface area (Å²) in [6.07, 6.45) is -2.43. The second-order valence-electron chi connectivity index (χ2n) is 5.38. The van der Waals surface area contributed by atoms with E-state index >= 15 is 0 Å². The van der Waals surface area contributed by atoms with E-state index in [9.17, 15) is 13.2 Å². The van der Waals surface area contributed by atoms with Crippen LogP contribution in [0.4, 0.5) is 18.9 Å². The van der Waals surface area contributed by atoms with E-state index in [1.807, 2.05) is 0 Å². The van der Waals surface area contributed by atoms with Crippen molar-refractivity contribution < 1.29 is 17.9 Å². The largest absolute Gasteiger partial charge is 0.492 e. The average Bonchev–Trinajstić information content (AvgIpc) is 2.65. The summed E-state index contributed by atoms with van der Waals surface area (Å²) in [4.78, 5) is 1.28. The van der Waals surface area contributed by atoms with Gasteiger partial charge < -0.3 is 9.64 Å². The van der Waals surface area contributed by atoms with Gasteiger partial charge in [-0.05, 0) is 50.1 Å². The molecule has 1 heterocycles. The molecule has 2 rings (SSSR count). The van der Waals surface area contributed by atoms with Crippen LogP contribution in [0, 0.1) is 0 Å². The van der Waals surface area contributed by atoms with E-state index in [2.05, 4.69) is 0 Å². The predicted molar refractivity (Wildman–Crippen MR) is 86.4 cm³/mol. The maximum absolute atomic E-state index is 13.7. The van der Waals surface area contributed by atoms with Crippen molar-refractivity contribution >= 4 is 17.3 Å². The van der Waals surface area contributed by atoms with Crippen molar-refractivity contribution in [3.63, 3.8) is 0 Å². The van der Waals surface area contributed by atoms with Gasteiger partial charge in [0.2, 0.25) is 0 Å². The first kappa shape index (κ1) is 17.7. The number of halogens is 4. The van der Waals surface area contributed by atoms with Gasteiger partial charge in [-0.3, -0.25) is 0 Å². The highest BCUT2D eigenvalue weighted by molar-refractivity contribution is 6.30. The lowest BCUT2D eigenvalue weighted by atomic mass is 10.1. The van der Waals surface area contributed by atoms with Gasteiger partial charge in [0.1, 0.15) is 18.1 Å². The van der Waals surface area contributed by atoms with Crippen molar-refractivity contribution in [2.75, 3.05) is 11.4 Å². The Balaban J connectivity index is 2.66. The molecule has 0 spiro atoms. The first-order valence-corrected chi connectivity index (χ1v) is 7.76. The summed E-state index contributed by atoms with van der Waals surface area (Å²) in [7, 11) is 0. The SMILES string of the molecule is C/C=C1\CN(/C(=C(\C)CC)C(F)(F)F)c2ccc(Cl)cc2CO1. The van der Waals surface area contributed by atoms with Gasteiger partial charge in [0, 0.05) is 16.3 Å². The van der Waals surface area contributed by atoms with Gasteiger partial charge in [-0.15, -0.1) is 0 Å². The van der Waals surface area contributed by atoms with Gasteiger partial charge >= 0.3 is 6.18 Å². The van der Waals surface area contributed by atoms with Crippen LogP contribution in [-0.4, -0.2) is 12.7 Å². The third-order valence-corrected chi connectivity index (χ3v) is 4.09. The van der Waals surface area contributed by atoms with Crippen LogP contribution in [0.1, 0.15) is 32.8 Å². The Kier molecular flexibility index (Phi) is 5.30. The maximum atomic E-state index is 13.7. The normalized spacial score (nSPS) is 18.2. The Hall–Kier alpha value is -1.62. The smallest absolute Gasteiger partial charge is 0.431 e. The van der Waals surface area contributed by atoms with Crippen molar-refractivity contribution in [2.24, 2.45) is 0 Å². The highest BCUT2D eigenvalue weighted by Crippen LogP contribution is 2.39. The second-order valence-corrected chi connectivity index (χ2v) is 5.82. The molecule has 0 unspecified atom stereocenters. The molecule has 2 nitrogen and oxygen atoms in total. The second kappa shape index (κ2) is 6.87. The van der Waals surface area contributed by atoms with E-state index < -0.39 is 11.9 Å². The molecule has 0 fully saturated rings. The molecular weight excluding hydrogens is 327 g/mol. The number of hydrogen-bond donors (Lipinski definition) is 0. The van der Waals surface area contributed by atoms with Crippen molar-refractivity contribution in [2.45, 2.75) is 40.0 Å². The number of nitrogens with zero attached hydrogens (tertiary/aromatic N) is 1. The van der Waals surface area contributed by atoms with Crippen molar-refractivity contribution in [3.05, 3.63) is 51.9 Å². The zero-order valence-corrected chi connectivity index (χ0v) is 14.1. The number of benzene rings is 1. The number of fused-ring (bicyclic) bond motifs is 1. The summed E-state index contributed by atoms with van der Waals surface area (Å²) in [6, 6.07) is 4.87. The molecule has 1 aliphatic heterocycles. The summed E-state index contributed by atoms with van der Waals surface area (Å²) in [5, 5.41) is 0.473. The summed E-state index contributed by atoms with van der Waals surface area (Å²) in [6.45, 7) is 5.22. The van der Waals surface area contributed by atoms with Gasteiger partial charge in [0.15, 0.2) is 0 Å². The van der Waals surface area contributed by atoms with Crippen molar-refractivity contribution in [3.8, 4) is 0 Å². The molecule has 1 aromatic carbocycles. The molecule has 126 valence electrons. The Morgan fingerprint density at radius 3 is 2.65 bits per heavy atom. The molecule has 0 radical (unpaired) electrons. The van der Waals surface area contributed by atoms with Crippen LogP contribution in [0.15, 0.2) is 41.3 Å². The summed E-state index contributed by atoms with van der Waals surface area (Å²) >= 11 is 5.98. The number of hydrogen-bond acceptors (Lipinski definition) is 2. The predicted octanol–water partition coefficient (Wildman–Crippen LogP) is 5.83. The Labute approximate surface area is 139 Å².